The summed E-state index contributed by atoms with van der Waals surface area (Å²) in [4.78, 5) is 12.4. The summed E-state index contributed by atoms with van der Waals surface area (Å²) < 4.78 is 10.7. The fourth-order valence-electron chi connectivity index (χ4n) is 3.99. The van der Waals surface area contributed by atoms with E-state index >= 15 is 0 Å². The van der Waals surface area contributed by atoms with Gasteiger partial charge in [0.05, 0.1) is 19.3 Å². The van der Waals surface area contributed by atoms with E-state index in [1.54, 1.807) is 38.3 Å². The number of nitrogens with one attached hydrogen (secondary N) is 1. The molecule has 0 saturated heterocycles. The molecule has 154 valence electrons. The van der Waals surface area contributed by atoms with E-state index in [-0.39, 0.29) is 12.5 Å². The lowest BCUT2D eigenvalue weighted by Crippen LogP contribution is -2.38. The van der Waals surface area contributed by atoms with Crippen molar-refractivity contribution in [1.29, 1.82) is 0 Å². The summed E-state index contributed by atoms with van der Waals surface area (Å²) in [5.41, 5.74) is 5.40. The zero-order chi connectivity index (χ0) is 21.1. The van der Waals surface area contributed by atoms with Crippen molar-refractivity contribution in [2.75, 3.05) is 13.7 Å². The third kappa shape index (κ3) is 3.89. The molecule has 0 aromatic heterocycles. The molecule has 0 saturated carbocycles. The van der Waals surface area contributed by atoms with E-state index in [1.165, 1.54) is 11.1 Å². The molecule has 1 aliphatic rings. The minimum atomic E-state index is -0.851. The van der Waals surface area contributed by atoms with Crippen LogP contribution in [0.4, 0.5) is 4.79 Å². The van der Waals surface area contributed by atoms with Gasteiger partial charge in [0.1, 0.15) is 12.4 Å². The van der Waals surface area contributed by atoms with E-state index in [1.807, 2.05) is 24.3 Å². The highest BCUT2D eigenvalue weighted by molar-refractivity contribution is 5.79. The topological polar surface area (TPSA) is 67.8 Å². The van der Waals surface area contributed by atoms with E-state index < -0.39 is 18.2 Å². The first kappa shape index (κ1) is 20.0. The third-order valence-corrected chi connectivity index (χ3v) is 5.62. The van der Waals surface area contributed by atoms with Crippen LogP contribution in [-0.2, 0) is 4.74 Å². The molecule has 0 fully saturated rings. The third-order valence-electron chi connectivity index (χ3n) is 5.62. The largest absolute Gasteiger partial charge is 0.497 e. The molecule has 0 radical (unpaired) electrons. The van der Waals surface area contributed by atoms with Crippen molar-refractivity contribution in [3.8, 4) is 16.9 Å². The Morgan fingerprint density at radius 1 is 0.967 bits per heavy atom. The number of carbonyl (C=O) groups excluding carboxylic acids is 1. The minimum absolute atomic E-state index is 0.00460. The zero-order valence-corrected chi connectivity index (χ0v) is 17.0. The van der Waals surface area contributed by atoms with Crippen molar-refractivity contribution >= 4 is 6.09 Å². The molecule has 1 amide bonds. The lowest BCUT2D eigenvalue weighted by molar-refractivity contribution is 0.108. The van der Waals surface area contributed by atoms with Crippen LogP contribution < -0.4 is 10.1 Å². The number of aliphatic hydroxyl groups excluding tert-OH is 1. The molecular formula is C25H25NO4. The summed E-state index contributed by atoms with van der Waals surface area (Å²) >= 11 is 0. The molecule has 4 rings (SSSR count). The van der Waals surface area contributed by atoms with Crippen molar-refractivity contribution in [2.45, 2.75) is 25.0 Å². The van der Waals surface area contributed by atoms with Crippen LogP contribution in [0.5, 0.6) is 5.75 Å². The van der Waals surface area contributed by atoms with E-state index in [0.29, 0.717) is 11.3 Å². The Bertz CT molecular complexity index is 986. The fraction of sp³-hybridized carbons (Fsp3) is 0.240. The van der Waals surface area contributed by atoms with Crippen molar-refractivity contribution in [3.63, 3.8) is 0 Å². The molecule has 0 bridgehead atoms. The van der Waals surface area contributed by atoms with Crippen LogP contribution in [0.15, 0.2) is 72.8 Å². The van der Waals surface area contributed by atoms with Gasteiger partial charge in [-0.3, -0.25) is 0 Å². The summed E-state index contributed by atoms with van der Waals surface area (Å²) in [6.45, 7) is 1.99. The zero-order valence-electron chi connectivity index (χ0n) is 17.0. The maximum atomic E-state index is 12.4. The van der Waals surface area contributed by atoms with E-state index in [4.69, 9.17) is 9.47 Å². The van der Waals surface area contributed by atoms with Gasteiger partial charge in [-0.05, 0) is 46.9 Å². The number of hydrogen-bond acceptors (Lipinski definition) is 4. The van der Waals surface area contributed by atoms with Gasteiger partial charge in [0.25, 0.3) is 0 Å². The number of hydrogen-bond donors (Lipinski definition) is 2. The Morgan fingerprint density at radius 2 is 1.53 bits per heavy atom. The van der Waals surface area contributed by atoms with Gasteiger partial charge >= 0.3 is 6.09 Å². The standard InChI is InChI=1S/C25H25NO4/c1-16(24(27)17-11-13-18(29-2)14-12-17)26-25(28)30-15-23-21-9-5-3-7-19(21)20-8-4-6-10-22(20)23/h3-14,16,23-24,27H,15H2,1-2H3,(H,26,28). The molecular weight excluding hydrogens is 378 g/mol. The monoisotopic (exact) mass is 403 g/mol. The molecule has 2 atom stereocenters. The molecule has 5 nitrogen and oxygen atoms in total. The number of benzene rings is 3. The lowest BCUT2D eigenvalue weighted by Gasteiger charge is -2.21. The Labute approximate surface area is 176 Å². The molecule has 0 aliphatic heterocycles. The van der Waals surface area contributed by atoms with E-state index in [9.17, 15) is 9.90 Å². The van der Waals surface area contributed by atoms with E-state index in [0.717, 1.165) is 11.1 Å². The molecule has 2 N–H and O–H groups in total. The smallest absolute Gasteiger partial charge is 0.407 e. The minimum Gasteiger partial charge on any atom is -0.497 e. The quantitative estimate of drug-likeness (QED) is 0.628. The molecule has 5 heteroatoms. The normalized spacial score (nSPS) is 14.4. The van der Waals surface area contributed by atoms with Crippen LogP contribution >= 0.6 is 0 Å². The molecule has 3 aromatic carbocycles. The van der Waals surface area contributed by atoms with Gasteiger partial charge in [-0.15, -0.1) is 0 Å². The number of methoxy groups -OCH3 is 1. The predicted molar refractivity (Wildman–Crippen MR) is 116 cm³/mol. The van der Waals surface area contributed by atoms with Gasteiger partial charge in [-0.25, -0.2) is 4.79 Å². The first-order chi connectivity index (χ1) is 14.6. The van der Waals surface area contributed by atoms with Crippen LogP contribution in [-0.4, -0.2) is 31.0 Å². The highest BCUT2D eigenvalue weighted by atomic mass is 16.5. The molecule has 0 spiro atoms. The maximum Gasteiger partial charge on any atom is 0.407 e. The number of fused-ring (bicyclic) bond motifs is 3. The number of alkyl carbamates (subject to hydrolysis) is 1. The van der Waals surface area contributed by atoms with Crippen LogP contribution in [0.2, 0.25) is 0 Å². The van der Waals surface area contributed by atoms with Gasteiger partial charge in [0, 0.05) is 5.92 Å². The number of ether oxygens (including phenoxy) is 2. The number of aliphatic hydroxyl groups is 1. The van der Waals surface area contributed by atoms with Crippen LogP contribution in [0.1, 0.15) is 35.6 Å². The van der Waals surface area contributed by atoms with Gasteiger partial charge in [0.15, 0.2) is 0 Å². The van der Waals surface area contributed by atoms with Crippen LogP contribution in [0.25, 0.3) is 11.1 Å². The second-order valence-corrected chi connectivity index (χ2v) is 7.48. The summed E-state index contributed by atoms with van der Waals surface area (Å²) in [6, 6.07) is 23.0. The number of amides is 1. The SMILES string of the molecule is COc1ccc(C(O)C(C)NC(=O)OCC2c3ccccc3-c3ccccc32)cc1. The second kappa shape index (κ2) is 8.59. The van der Waals surface area contributed by atoms with Crippen molar-refractivity contribution < 1.29 is 19.4 Å². The van der Waals surface area contributed by atoms with Gasteiger partial charge in [0.2, 0.25) is 0 Å². The summed E-state index contributed by atoms with van der Waals surface area (Å²) in [6.07, 6.45) is -1.40. The Kier molecular flexibility index (Phi) is 5.72. The average molecular weight is 403 g/mol. The average Bonchev–Trinajstić information content (AvgIpc) is 3.11. The maximum absolute atomic E-state index is 12.4. The molecule has 1 aliphatic carbocycles. The first-order valence-electron chi connectivity index (χ1n) is 10.0. The first-order valence-corrected chi connectivity index (χ1v) is 10.0. The lowest BCUT2D eigenvalue weighted by atomic mass is 9.98. The van der Waals surface area contributed by atoms with Gasteiger partial charge in [-0.2, -0.15) is 0 Å². The van der Waals surface area contributed by atoms with Gasteiger partial charge in [-0.1, -0.05) is 60.7 Å². The molecule has 30 heavy (non-hydrogen) atoms. The summed E-state index contributed by atoms with van der Waals surface area (Å²) in [5, 5.41) is 13.3. The van der Waals surface area contributed by atoms with Crippen molar-refractivity contribution in [1.82, 2.24) is 5.32 Å². The predicted octanol–water partition coefficient (Wildman–Crippen LogP) is 4.66. The summed E-state index contributed by atoms with van der Waals surface area (Å²) in [7, 11) is 1.59. The highest BCUT2D eigenvalue weighted by Gasteiger charge is 2.29. The molecule has 0 heterocycles. The van der Waals surface area contributed by atoms with Crippen LogP contribution in [0, 0.1) is 0 Å². The van der Waals surface area contributed by atoms with Crippen LogP contribution in [0.3, 0.4) is 0 Å². The number of rotatable bonds is 6. The van der Waals surface area contributed by atoms with Crippen molar-refractivity contribution in [3.05, 3.63) is 89.5 Å². The molecule has 3 aromatic rings. The summed E-state index contributed by atoms with van der Waals surface area (Å²) in [5.74, 6) is 0.716. The molecule has 2 unspecified atom stereocenters. The van der Waals surface area contributed by atoms with E-state index in [2.05, 4.69) is 29.6 Å². The van der Waals surface area contributed by atoms with Gasteiger partial charge < -0.3 is 19.9 Å². The Balaban J connectivity index is 1.39. The Morgan fingerprint density at radius 3 is 2.10 bits per heavy atom. The Hall–Kier alpha value is -3.31. The van der Waals surface area contributed by atoms with Crippen molar-refractivity contribution in [2.24, 2.45) is 0 Å². The second-order valence-electron chi connectivity index (χ2n) is 7.48. The fourth-order valence-corrected chi connectivity index (χ4v) is 3.99. The highest BCUT2D eigenvalue weighted by Crippen LogP contribution is 2.44. The number of carbonyl (C=O) groups is 1.